The first-order valence-electron chi connectivity index (χ1n) is 5.48. The van der Waals surface area contributed by atoms with E-state index in [9.17, 15) is 5.11 Å². The van der Waals surface area contributed by atoms with Gasteiger partial charge in [-0.2, -0.15) is 0 Å². The van der Waals surface area contributed by atoms with Gasteiger partial charge in [0.05, 0.1) is 0 Å². The van der Waals surface area contributed by atoms with Crippen LogP contribution in [0.2, 0.25) is 0 Å². The summed E-state index contributed by atoms with van der Waals surface area (Å²) < 4.78 is 0. The van der Waals surface area contributed by atoms with E-state index in [2.05, 4.69) is 0 Å². The molecule has 0 saturated heterocycles. The van der Waals surface area contributed by atoms with Gasteiger partial charge >= 0.3 is 0 Å². The molecule has 0 amide bonds. The van der Waals surface area contributed by atoms with Gasteiger partial charge in [-0.25, -0.2) is 0 Å². The van der Waals surface area contributed by atoms with Crippen LogP contribution >= 0.6 is 0 Å². The maximum absolute atomic E-state index is 9.23. The van der Waals surface area contributed by atoms with Crippen molar-refractivity contribution in [1.29, 1.82) is 0 Å². The maximum atomic E-state index is 9.23. The molecule has 12 heavy (non-hydrogen) atoms. The summed E-state index contributed by atoms with van der Waals surface area (Å²) in [7, 11) is 0. The predicted octanol–water partition coefficient (Wildman–Crippen LogP) is 2.98. The third-order valence-electron chi connectivity index (χ3n) is 3.64. The van der Waals surface area contributed by atoms with Gasteiger partial charge in [0, 0.05) is 6.61 Å². The largest absolute Gasteiger partial charge is 0.396 e. The minimum Gasteiger partial charge on any atom is -0.396 e. The first-order chi connectivity index (χ1) is 5.87. The van der Waals surface area contributed by atoms with Gasteiger partial charge in [0.1, 0.15) is 0 Å². The summed E-state index contributed by atoms with van der Waals surface area (Å²) in [5.41, 5.74) is 0.403. The molecule has 0 aliphatic heterocycles. The summed E-state index contributed by atoms with van der Waals surface area (Å²) in [5.74, 6) is 0.887. The Hall–Kier alpha value is -0.0400. The van der Waals surface area contributed by atoms with Crippen molar-refractivity contribution in [3.05, 3.63) is 0 Å². The highest BCUT2D eigenvalue weighted by molar-refractivity contribution is 4.95. The van der Waals surface area contributed by atoms with E-state index in [1.165, 1.54) is 38.5 Å². The standard InChI is InChI=1S/C9H16O.C2H6/c10-7-9-5-1-3-8(9)4-2-6-9;1-2/h8,10H,1-7H2;1-2H3. The van der Waals surface area contributed by atoms with Crippen molar-refractivity contribution in [3.8, 4) is 0 Å². The molecule has 0 heterocycles. The van der Waals surface area contributed by atoms with Gasteiger partial charge in [0.2, 0.25) is 0 Å². The Morgan fingerprint density at radius 1 is 1.17 bits per heavy atom. The van der Waals surface area contributed by atoms with Crippen molar-refractivity contribution in [1.82, 2.24) is 0 Å². The van der Waals surface area contributed by atoms with E-state index in [0.717, 1.165) is 5.92 Å². The molecule has 0 aromatic heterocycles. The zero-order chi connectivity index (χ0) is 9.03. The van der Waals surface area contributed by atoms with Crippen LogP contribution in [0.5, 0.6) is 0 Å². The van der Waals surface area contributed by atoms with Gasteiger partial charge in [-0.05, 0) is 37.0 Å². The quantitative estimate of drug-likeness (QED) is 0.641. The second-order valence-corrected chi connectivity index (χ2v) is 4.00. The molecule has 2 aliphatic carbocycles. The Bertz CT molecular complexity index is 121. The van der Waals surface area contributed by atoms with Crippen LogP contribution in [0.25, 0.3) is 0 Å². The van der Waals surface area contributed by atoms with Crippen LogP contribution in [0.1, 0.15) is 52.4 Å². The summed E-state index contributed by atoms with van der Waals surface area (Å²) in [4.78, 5) is 0. The lowest BCUT2D eigenvalue weighted by atomic mass is 9.81. The highest BCUT2D eigenvalue weighted by Crippen LogP contribution is 2.53. The minimum atomic E-state index is 0.403. The molecule has 0 bridgehead atoms. The highest BCUT2D eigenvalue weighted by atomic mass is 16.3. The van der Waals surface area contributed by atoms with E-state index in [1.54, 1.807) is 0 Å². The fraction of sp³-hybridized carbons (Fsp3) is 1.00. The normalized spacial score (nSPS) is 38.8. The first-order valence-corrected chi connectivity index (χ1v) is 5.48. The maximum Gasteiger partial charge on any atom is 0.0490 e. The van der Waals surface area contributed by atoms with Gasteiger partial charge in [-0.1, -0.05) is 26.7 Å². The van der Waals surface area contributed by atoms with Crippen LogP contribution in [0.4, 0.5) is 0 Å². The number of hydrogen-bond acceptors (Lipinski definition) is 1. The topological polar surface area (TPSA) is 20.2 Å². The smallest absolute Gasteiger partial charge is 0.0490 e. The zero-order valence-corrected chi connectivity index (χ0v) is 8.47. The van der Waals surface area contributed by atoms with Crippen LogP contribution in [0.15, 0.2) is 0 Å². The second kappa shape index (κ2) is 4.27. The molecule has 1 nitrogen and oxygen atoms in total. The predicted molar refractivity (Wildman–Crippen MR) is 52.1 cm³/mol. The Kier molecular flexibility index (Phi) is 3.57. The molecule has 0 spiro atoms. The van der Waals surface area contributed by atoms with E-state index in [-0.39, 0.29) is 0 Å². The van der Waals surface area contributed by atoms with Crippen molar-refractivity contribution < 1.29 is 5.11 Å². The van der Waals surface area contributed by atoms with Gasteiger partial charge in [-0.3, -0.25) is 0 Å². The van der Waals surface area contributed by atoms with Crippen molar-refractivity contribution in [2.75, 3.05) is 6.61 Å². The molecule has 0 atom stereocenters. The van der Waals surface area contributed by atoms with Crippen molar-refractivity contribution in [2.24, 2.45) is 11.3 Å². The fourth-order valence-electron chi connectivity index (χ4n) is 2.98. The second-order valence-electron chi connectivity index (χ2n) is 4.00. The van der Waals surface area contributed by atoms with Gasteiger partial charge in [0.25, 0.3) is 0 Å². The molecule has 2 rings (SSSR count). The summed E-state index contributed by atoms with van der Waals surface area (Å²) in [6.07, 6.45) is 8.11. The molecule has 0 unspecified atom stereocenters. The summed E-state index contributed by atoms with van der Waals surface area (Å²) in [6.45, 7) is 4.46. The lowest BCUT2D eigenvalue weighted by Gasteiger charge is -2.26. The highest BCUT2D eigenvalue weighted by Gasteiger charge is 2.45. The molecule has 0 aromatic rings. The zero-order valence-electron chi connectivity index (χ0n) is 8.47. The fourth-order valence-corrected chi connectivity index (χ4v) is 2.98. The lowest BCUT2D eigenvalue weighted by Crippen LogP contribution is -2.24. The lowest BCUT2D eigenvalue weighted by molar-refractivity contribution is 0.106. The van der Waals surface area contributed by atoms with Crippen LogP contribution in [-0.4, -0.2) is 11.7 Å². The number of fused-ring (bicyclic) bond motifs is 1. The average Bonchev–Trinajstić information content (AvgIpc) is 2.65. The van der Waals surface area contributed by atoms with Crippen LogP contribution < -0.4 is 0 Å². The molecule has 1 heteroatoms. The number of rotatable bonds is 1. The molecule has 2 saturated carbocycles. The van der Waals surface area contributed by atoms with E-state index >= 15 is 0 Å². The monoisotopic (exact) mass is 170 g/mol. The summed E-state index contributed by atoms with van der Waals surface area (Å²) in [6, 6.07) is 0. The Balaban J connectivity index is 0.000000336. The van der Waals surface area contributed by atoms with Crippen molar-refractivity contribution in [3.63, 3.8) is 0 Å². The van der Waals surface area contributed by atoms with Crippen LogP contribution in [0.3, 0.4) is 0 Å². The van der Waals surface area contributed by atoms with Crippen LogP contribution in [0, 0.1) is 11.3 Å². The van der Waals surface area contributed by atoms with Crippen molar-refractivity contribution >= 4 is 0 Å². The molecule has 0 radical (unpaired) electrons. The molecule has 2 aliphatic rings. The van der Waals surface area contributed by atoms with Gasteiger partial charge in [-0.15, -0.1) is 0 Å². The molecule has 72 valence electrons. The number of aliphatic hydroxyl groups is 1. The molecule has 0 aromatic carbocycles. The molecular weight excluding hydrogens is 148 g/mol. The molecular formula is C11H22O. The van der Waals surface area contributed by atoms with E-state index in [1.807, 2.05) is 13.8 Å². The average molecular weight is 170 g/mol. The summed E-state index contributed by atoms with van der Waals surface area (Å²) >= 11 is 0. The Morgan fingerprint density at radius 2 is 1.67 bits per heavy atom. The van der Waals surface area contributed by atoms with Crippen molar-refractivity contribution in [2.45, 2.75) is 52.4 Å². The Morgan fingerprint density at radius 3 is 2.00 bits per heavy atom. The third kappa shape index (κ3) is 1.52. The van der Waals surface area contributed by atoms with Crippen LogP contribution in [-0.2, 0) is 0 Å². The summed E-state index contributed by atoms with van der Waals surface area (Å²) in [5, 5.41) is 9.23. The number of hydrogen-bond donors (Lipinski definition) is 1. The third-order valence-corrected chi connectivity index (χ3v) is 3.64. The van der Waals surface area contributed by atoms with Gasteiger partial charge < -0.3 is 5.11 Å². The molecule has 2 fully saturated rings. The minimum absolute atomic E-state index is 0.403. The Labute approximate surface area is 76.2 Å². The van der Waals surface area contributed by atoms with E-state index in [0.29, 0.717) is 12.0 Å². The van der Waals surface area contributed by atoms with E-state index < -0.39 is 0 Å². The first kappa shape index (κ1) is 10.0. The van der Waals surface area contributed by atoms with E-state index in [4.69, 9.17) is 0 Å². The SMILES string of the molecule is CC.OCC12CCCC1CCC2. The van der Waals surface area contributed by atoms with Gasteiger partial charge in [0.15, 0.2) is 0 Å². The molecule has 1 N–H and O–H groups in total. The number of aliphatic hydroxyl groups excluding tert-OH is 1.